The number of hydrogen-bond acceptors (Lipinski definition) is 6. The number of nitrogens with zero attached hydrogens (tertiary/aromatic N) is 3. The number of halogens is 1. The minimum absolute atomic E-state index is 0.0478. The highest BCUT2D eigenvalue weighted by atomic mass is 35.5. The van der Waals surface area contributed by atoms with Crippen molar-refractivity contribution < 1.29 is 14.3 Å². The van der Waals surface area contributed by atoms with Crippen molar-refractivity contribution in [1.82, 2.24) is 14.8 Å². The molecule has 0 bridgehead atoms. The van der Waals surface area contributed by atoms with Crippen LogP contribution in [0.15, 0.2) is 5.38 Å². The van der Waals surface area contributed by atoms with Crippen molar-refractivity contribution >= 4 is 39.9 Å². The maximum absolute atomic E-state index is 12.0. The van der Waals surface area contributed by atoms with E-state index in [-0.39, 0.29) is 24.8 Å². The number of carbonyl (C=O) groups excluding carboxylic acids is 2. The minimum atomic E-state index is -0.340. The average molecular weight is 357 g/mol. The summed E-state index contributed by atoms with van der Waals surface area (Å²) < 4.78 is 6.40. The first-order valence-corrected chi connectivity index (χ1v) is 8.25. The molecular weight excluding hydrogens is 340 g/mol. The highest BCUT2D eigenvalue weighted by molar-refractivity contribution is 7.13. The predicted octanol–water partition coefficient (Wildman–Crippen LogP) is 2.35. The Balaban J connectivity index is 1.94. The number of aryl methyl sites for hydroxylation is 1. The Morgan fingerprint density at radius 2 is 2.17 bits per heavy atom. The molecule has 9 heteroatoms. The summed E-state index contributed by atoms with van der Waals surface area (Å²) in [6.07, 6.45) is 0.0906. The summed E-state index contributed by atoms with van der Waals surface area (Å²) in [5.41, 5.74) is 1.99. The molecule has 2 heterocycles. The molecule has 0 aromatic carbocycles. The molecule has 0 spiro atoms. The van der Waals surface area contributed by atoms with Crippen molar-refractivity contribution in [3.8, 4) is 0 Å². The second-order valence-corrected chi connectivity index (χ2v) is 6.05. The van der Waals surface area contributed by atoms with E-state index in [0.717, 1.165) is 5.69 Å². The van der Waals surface area contributed by atoms with Gasteiger partial charge in [-0.2, -0.15) is 5.10 Å². The molecule has 124 valence electrons. The van der Waals surface area contributed by atoms with E-state index in [9.17, 15) is 9.59 Å². The van der Waals surface area contributed by atoms with Gasteiger partial charge < -0.3 is 10.1 Å². The van der Waals surface area contributed by atoms with Gasteiger partial charge in [-0.25, -0.2) is 4.98 Å². The topological polar surface area (TPSA) is 86.1 Å². The van der Waals surface area contributed by atoms with E-state index in [1.165, 1.54) is 11.3 Å². The van der Waals surface area contributed by atoms with E-state index >= 15 is 0 Å². The van der Waals surface area contributed by atoms with E-state index in [0.29, 0.717) is 28.1 Å². The van der Waals surface area contributed by atoms with Crippen LogP contribution >= 0.6 is 22.9 Å². The van der Waals surface area contributed by atoms with E-state index in [1.54, 1.807) is 30.8 Å². The highest BCUT2D eigenvalue weighted by Gasteiger charge is 2.14. The van der Waals surface area contributed by atoms with E-state index in [1.807, 2.05) is 0 Å². The SMILES string of the molecule is CCOC(=O)Cc1csc(NC(=O)Cn2nc(C)c(Cl)c2C)n1. The Morgan fingerprint density at radius 1 is 1.43 bits per heavy atom. The normalized spacial score (nSPS) is 10.6. The Hall–Kier alpha value is -1.93. The molecule has 0 fully saturated rings. The van der Waals surface area contributed by atoms with Crippen LogP contribution in [-0.4, -0.2) is 33.2 Å². The molecule has 2 aromatic heterocycles. The van der Waals surface area contributed by atoms with Crippen LogP contribution in [0.5, 0.6) is 0 Å². The molecule has 0 aliphatic rings. The summed E-state index contributed by atoms with van der Waals surface area (Å²) in [6, 6.07) is 0. The van der Waals surface area contributed by atoms with Crippen LogP contribution in [0.3, 0.4) is 0 Å². The fourth-order valence-corrected chi connectivity index (χ4v) is 2.79. The number of anilines is 1. The lowest BCUT2D eigenvalue weighted by Gasteiger charge is -2.04. The van der Waals surface area contributed by atoms with E-state index in [4.69, 9.17) is 16.3 Å². The Labute approximate surface area is 142 Å². The molecule has 0 saturated heterocycles. The van der Waals surface area contributed by atoms with Crippen LogP contribution in [0.1, 0.15) is 24.0 Å². The molecule has 0 radical (unpaired) electrons. The lowest BCUT2D eigenvalue weighted by atomic mass is 10.3. The third-order valence-electron chi connectivity index (χ3n) is 3.02. The lowest BCUT2D eigenvalue weighted by Crippen LogP contribution is -2.20. The van der Waals surface area contributed by atoms with Crippen LogP contribution in [-0.2, 0) is 27.3 Å². The van der Waals surface area contributed by atoms with Crippen LogP contribution < -0.4 is 5.32 Å². The van der Waals surface area contributed by atoms with Gasteiger partial charge in [-0.05, 0) is 20.8 Å². The molecule has 23 heavy (non-hydrogen) atoms. The van der Waals surface area contributed by atoms with Gasteiger partial charge >= 0.3 is 5.97 Å². The average Bonchev–Trinajstić information content (AvgIpc) is 3.00. The number of esters is 1. The van der Waals surface area contributed by atoms with Crippen molar-refractivity contribution in [2.45, 2.75) is 33.7 Å². The van der Waals surface area contributed by atoms with Crippen LogP contribution in [0.25, 0.3) is 0 Å². The second kappa shape index (κ2) is 7.56. The van der Waals surface area contributed by atoms with Crippen molar-refractivity contribution in [3.63, 3.8) is 0 Å². The van der Waals surface area contributed by atoms with Crippen molar-refractivity contribution in [1.29, 1.82) is 0 Å². The van der Waals surface area contributed by atoms with Gasteiger partial charge in [-0.3, -0.25) is 14.3 Å². The van der Waals surface area contributed by atoms with Crippen LogP contribution in [0.4, 0.5) is 5.13 Å². The first kappa shape index (κ1) is 17.4. The molecule has 0 saturated carbocycles. The summed E-state index contributed by atoms with van der Waals surface area (Å²) in [5.74, 6) is -0.600. The molecule has 0 atom stereocenters. The smallest absolute Gasteiger partial charge is 0.311 e. The monoisotopic (exact) mass is 356 g/mol. The summed E-state index contributed by atoms with van der Waals surface area (Å²) in [6.45, 7) is 5.71. The first-order valence-electron chi connectivity index (χ1n) is 7.00. The van der Waals surface area contributed by atoms with Gasteiger partial charge in [-0.15, -0.1) is 11.3 Å². The third-order valence-corrected chi connectivity index (χ3v) is 4.37. The molecular formula is C14H17ClN4O3S. The zero-order valence-electron chi connectivity index (χ0n) is 13.1. The number of rotatable bonds is 6. The third kappa shape index (κ3) is 4.52. The standard InChI is InChI=1S/C14H17ClN4O3S/c1-4-22-12(21)5-10-7-23-14(16-10)17-11(20)6-19-9(3)13(15)8(2)18-19/h7H,4-6H2,1-3H3,(H,16,17,20). The number of thiazole rings is 1. The molecule has 2 rings (SSSR count). The van der Waals surface area contributed by atoms with E-state index in [2.05, 4.69) is 15.4 Å². The Morgan fingerprint density at radius 3 is 2.78 bits per heavy atom. The zero-order valence-corrected chi connectivity index (χ0v) is 14.6. The molecule has 2 aromatic rings. The van der Waals surface area contributed by atoms with Crippen LogP contribution in [0.2, 0.25) is 5.02 Å². The number of amides is 1. The fourth-order valence-electron chi connectivity index (χ4n) is 1.93. The van der Waals surface area contributed by atoms with Gasteiger partial charge in [0.25, 0.3) is 0 Å². The largest absolute Gasteiger partial charge is 0.466 e. The summed E-state index contributed by atoms with van der Waals surface area (Å²) in [7, 11) is 0. The van der Waals surface area contributed by atoms with Gasteiger partial charge in [0.2, 0.25) is 5.91 Å². The quantitative estimate of drug-likeness (QED) is 0.803. The lowest BCUT2D eigenvalue weighted by molar-refractivity contribution is -0.142. The zero-order chi connectivity index (χ0) is 17.0. The fraction of sp³-hybridized carbons (Fsp3) is 0.429. The van der Waals surface area contributed by atoms with Gasteiger partial charge in [-0.1, -0.05) is 11.6 Å². The summed E-state index contributed by atoms with van der Waals surface area (Å²) in [5, 5.41) is 9.59. The van der Waals surface area contributed by atoms with Crippen LogP contribution in [0, 0.1) is 13.8 Å². The highest BCUT2D eigenvalue weighted by Crippen LogP contribution is 2.19. The molecule has 0 aliphatic heterocycles. The van der Waals surface area contributed by atoms with Crippen molar-refractivity contribution in [2.75, 3.05) is 11.9 Å². The minimum Gasteiger partial charge on any atom is -0.466 e. The number of ether oxygens (including phenoxy) is 1. The summed E-state index contributed by atoms with van der Waals surface area (Å²) >= 11 is 7.30. The maximum Gasteiger partial charge on any atom is 0.311 e. The first-order chi connectivity index (χ1) is 10.9. The Bertz CT molecular complexity index is 726. The molecule has 1 N–H and O–H groups in total. The number of nitrogens with one attached hydrogen (secondary N) is 1. The molecule has 1 amide bonds. The number of carbonyl (C=O) groups is 2. The molecule has 0 unspecified atom stereocenters. The van der Waals surface area contributed by atoms with Crippen molar-refractivity contribution in [3.05, 3.63) is 27.5 Å². The predicted molar refractivity (Wildman–Crippen MR) is 87.8 cm³/mol. The maximum atomic E-state index is 12.0. The van der Waals surface area contributed by atoms with Gasteiger partial charge in [0.1, 0.15) is 6.54 Å². The molecule has 7 nitrogen and oxygen atoms in total. The van der Waals surface area contributed by atoms with Crippen molar-refractivity contribution in [2.24, 2.45) is 0 Å². The Kier molecular flexibility index (Phi) is 5.73. The number of hydrogen-bond donors (Lipinski definition) is 1. The molecule has 0 aliphatic carbocycles. The van der Waals surface area contributed by atoms with E-state index < -0.39 is 0 Å². The van der Waals surface area contributed by atoms with Gasteiger partial charge in [0, 0.05) is 5.38 Å². The second-order valence-electron chi connectivity index (χ2n) is 4.82. The van der Waals surface area contributed by atoms with Gasteiger partial charge in [0.05, 0.1) is 35.1 Å². The number of aromatic nitrogens is 3. The van der Waals surface area contributed by atoms with Gasteiger partial charge in [0.15, 0.2) is 5.13 Å². The summed E-state index contributed by atoms with van der Waals surface area (Å²) in [4.78, 5) is 27.6.